The average Bonchev–Trinajstić information content (AvgIpc) is 3.29. The van der Waals surface area contributed by atoms with Crippen LogP contribution < -0.4 is 10.3 Å². The lowest BCUT2D eigenvalue weighted by Crippen LogP contribution is -2.29. The molecule has 0 bridgehead atoms. The molecule has 39 heavy (non-hydrogen) atoms. The summed E-state index contributed by atoms with van der Waals surface area (Å²) in [6, 6.07) is 8.09. The van der Waals surface area contributed by atoms with E-state index in [1.54, 1.807) is 19.2 Å². The number of rotatable bonds is 6. The first-order chi connectivity index (χ1) is 18.5. The summed E-state index contributed by atoms with van der Waals surface area (Å²) in [5, 5.41) is 7.55. The van der Waals surface area contributed by atoms with Gasteiger partial charge in [-0.2, -0.15) is 18.3 Å². The topological polar surface area (TPSA) is 85.7 Å². The molecule has 0 aliphatic rings. The molecule has 0 unspecified atom stereocenters. The van der Waals surface area contributed by atoms with E-state index in [1.807, 2.05) is 19.9 Å². The highest BCUT2D eigenvalue weighted by molar-refractivity contribution is 5.97. The van der Waals surface area contributed by atoms with E-state index in [0.717, 1.165) is 33.0 Å². The van der Waals surface area contributed by atoms with E-state index in [1.165, 1.54) is 30.6 Å². The molecule has 0 fully saturated rings. The second-order valence-corrected chi connectivity index (χ2v) is 9.23. The largest absolute Gasteiger partial charge is 0.486 e. The van der Waals surface area contributed by atoms with Gasteiger partial charge in [0.2, 0.25) is 0 Å². The number of nitrogens with one attached hydrogen (secondary N) is 1. The van der Waals surface area contributed by atoms with Crippen molar-refractivity contribution in [2.24, 2.45) is 0 Å². The fraction of sp³-hybridized carbons (Fsp3) is 0.214. The van der Waals surface area contributed by atoms with Crippen molar-refractivity contribution in [1.29, 1.82) is 0 Å². The van der Waals surface area contributed by atoms with Crippen LogP contribution in [0.2, 0.25) is 0 Å². The minimum Gasteiger partial charge on any atom is -0.486 e. The summed E-state index contributed by atoms with van der Waals surface area (Å²) in [6.45, 7) is 5.23. The summed E-state index contributed by atoms with van der Waals surface area (Å²) in [5.41, 5.74) is 2.71. The first-order valence-corrected chi connectivity index (χ1v) is 12.0. The van der Waals surface area contributed by atoms with Gasteiger partial charge in [0.05, 0.1) is 24.1 Å². The maximum atomic E-state index is 14.8. The Bertz CT molecular complexity index is 1760. The van der Waals surface area contributed by atoms with Crippen molar-refractivity contribution in [1.82, 2.24) is 24.7 Å². The van der Waals surface area contributed by atoms with Crippen molar-refractivity contribution in [2.45, 2.75) is 40.1 Å². The molecule has 5 rings (SSSR count). The van der Waals surface area contributed by atoms with Crippen LogP contribution in [-0.2, 0) is 19.3 Å². The molecule has 0 amide bonds. The monoisotopic (exact) mass is 537 g/mol. The lowest BCUT2D eigenvalue weighted by Gasteiger charge is -2.16. The molecule has 4 heterocycles. The van der Waals surface area contributed by atoms with Gasteiger partial charge in [-0.05, 0) is 62.2 Å². The Morgan fingerprint density at radius 3 is 2.59 bits per heavy atom. The van der Waals surface area contributed by atoms with Crippen LogP contribution in [-0.4, -0.2) is 24.7 Å². The predicted octanol–water partition coefficient (Wildman–Crippen LogP) is 5.89. The van der Waals surface area contributed by atoms with Crippen LogP contribution in [0.4, 0.5) is 17.6 Å². The summed E-state index contributed by atoms with van der Waals surface area (Å²) in [5.74, 6) is -0.335. The third kappa shape index (κ3) is 5.12. The van der Waals surface area contributed by atoms with Crippen molar-refractivity contribution in [3.8, 4) is 17.0 Å². The zero-order valence-electron chi connectivity index (χ0n) is 21.2. The Kier molecular flexibility index (Phi) is 6.67. The van der Waals surface area contributed by atoms with Gasteiger partial charge < -0.3 is 9.30 Å². The molecule has 1 N–H and O–H groups in total. The van der Waals surface area contributed by atoms with E-state index in [9.17, 15) is 22.4 Å². The van der Waals surface area contributed by atoms with E-state index in [4.69, 9.17) is 4.74 Å². The summed E-state index contributed by atoms with van der Waals surface area (Å²) in [7, 11) is 0. The number of halogens is 4. The molecule has 1 aromatic carbocycles. The van der Waals surface area contributed by atoms with Gasteiger partial charge in [-0.1, -0.05) is 0 Å². The molecule has 11 heteroatoms. The molecule has 0 aliphatic carbocycles. The zero-order valence-corrected chi connectivity index (χ0v) is 21.2. The minimum absolute atomic E-state index is 0.0741. The number of aromatic nitrogens is 5. The van der Waals surface area contributed by atoms with Gasteiger partial charge >= 0.3 is 6.18 Å². The van der Waals surface area contributed by atoms with E-state index in [2.05, 4.69) is 20.2 Å². The number of aromatic amines is 1. The van der Waals surface area contributed by atoms with Gasteiger partial charge in [0, 0.05) is 40.7 Å². The van der Waals surface area contributed by atoms with Crippen LogP contribution in [0.25, 0.3) is 22.2 Å². The Hall–Kier alpha value is -4.54. The number of alkyl halides is 3. The quantitative estimate of drug-likeness (QED) is 0.273. The molecule has 0 radical (unpaired) electrons. The standard InChI is InChI=1S/C28H23F4N5O2/c1-15-6-7-33-23(13-37-8-4-5-22(27(37)38)28(30,31)32)21(15)14-39-24-11-18(29)10-20-19(9-17(3)35-26(20)24)25-16(2)12-34-36-25/h4-12H,13-14H2,1-3H3,(H,34,36). The van der Waals surface area contributed by atoms with Gasteiger partial charge in [-0.15, -0.1) is 0 Å². The van der Waals surface area contributed by atoms with Gasteiger partial charge in [-0.25, -0.2) is 9.37 Å². The molecular formula is C28H23F4N5O2. The summed E-state index contributed by atoms with van der Waals surface area (Å²) in [4.78, 5) is 21.4. The minimum atomic E-state index is -4.77. The highest BCUT2D eigenvalue weighted by Crippen LogP contribution is 2.35. The number of pyridine rings is 3. The number of H-pyrrole nitrogens is 1. The number of hydrogen-bond acceptors (Lipinski definition) is 5. The Balaban J connectivity index is 1.53. The van der Waals surface area contributed by atoms with E-state index < -0.39 is 23.1 Å². The number of benzene rings is 1. The highest BCUT2D eigenvalue weighted by atomic mass is 19.4. The Labute approximate surface area is 220 Å². The number of aryl methyl sites for hydroxylation is 3. The molecule has 7 nitrogen and oxygen atoms in total. The van der Waals surface area contributed by atoms with Crippen LogP contribution in [0.1, 0.15) is 33.6 Å². The van der Waals surface area contributed by atoms with E-state index in [-0.39, 0.29) is 18.9 Å². The van der Waals surface area contributed by atoms with E-state index >= 15 is 0 Å². The van der Waals surface area contributed by atoms with Gasteiger partial charge in [0.1, 0.15) is 29.3 Å². The third-order valence-electron chi connectivity index (χ3n) is 6.47. The van der Waals surface area contributed by atoms with Crippen LogP contribution >= 0.6 is 0 Å². The predicted molar refractivity (Wildman–Crippen MR) is 137 cm³/mol. The highest BCUT2D eigenvalue weighted by Gasteiger charge is 2.34. The van der Waals surface area contributed by atoms with Crippen molar-refractivity contribution in [3.63, 3.8) is 0 Å². The normalized spacial score (nSPS) is 11.8. The first-order valence-electron chi connectivity index (χ1n) is 12.0. The second kappa shape index (κ2) is 9.97. The molecule has 5 aromatic rings. The zero-order chi connectivity index (χ0) is 27.9. The van der Waals surface area contributed by atoms with Gasteiger partial charge in [-0.3, -0.25) is 14.9 Å². The SMILES string of the molecule is Cc1cc(-c2[nH]ncc2C)c2cc(F)cc(OCc3c(C)ccnc3Cn3cccc(C(F)(F)F)c3=O)c2n1. The molecule has 4 aromatic heterocycles. The number of nitrogens with zero attached hydrogens (tertiary/aromatic N) is 4. The first kappa shape index (κ1) is 26.1. The molecule has 0 saturated heterocycles. The fourth-order valence-electron chi connectivity index (χ4n) is 4.49. The second-order valence-electron chi connectivity index (χ2n) is 9.23. The lowest BCUT2D eigenvalue weighted by atomic mass is 10.0. The molecule has 0 spiro atoms. The molecule has 0 saturated carbocycles. The maximum absolute atomic E-state index is 14.8. The van der Waals surface area contributed by atoms with Crippen LogP contribution in [0.5, 0.6) is 5.75 Å². The molecule has 0 atom stereocenters. The number of ether oxygens (including phenoxy) is 1. The Morgan fingerprint density at radius 1 is 1.08 bits per heavy atom. The smallest absolute Gasteiger partial charge is 0.421 e. The Morgan fingerprint density at radius 2 is 1.87 bits per heavy atom. The fourth-order valence-corrected chi connectivity index (χ4v) is 4.49. The average molecular weight is 538 g/mol. The number of hydrogen-bond donors (Lipinski definition) is 1. The van der Waals surface area contributed by atoms with Crippen molar-refractivity contribution < 1.29 is 22.3 Å². The molecule has 0 aliphatic heterocycles. The lowest BCUT2D eigenvalue weighted by molar-refractivity contribution is -0.138. The van der Waals surface area contributed by atoms with Gasteiger partial charge in [0.25, 0.3) is 5.56 Å². The molecular weight excluding hydrogens is 514 g/mol. The summed E-state index contributed by atoms with van der Waals surface area (Å²) < 4.78 is 61.6. The van der Waals surface area contributed by atoms with Crippen LogP contribution in [0, 0.1) is 26.6 Å². The van der Waals surface area contributed by atoms with Crippen molar-refractivity contribution >= 4 is 10.9 Å². The summed E-state index contributed by atoms with van der Waals surface area (Å²) in [6.07, 6.45) is -0.314. The van der Waals surface area contributed by atoms with Crippen LogP contribution in [0.3, 0.4) is 0 Å². The summed E-state index contributed by atoms with van der Waals surface area (Å²) >= 11 is 0. The number of fused-ring (bicyclic) bond motifs is 1. The van der Waals surface area contributed by atoms with Crippen molar-refractivity contribution in [2.75, 3.05) is 0 Å². The maximum Gasteiger partial charge on any atom is 0.421 e. The van der Waals surface area contributed by atoms with Crippen molar-refractivity contribution in [3.05, 3.63) is 105 Å². The van der Waals surface area contributed by atoms with Crippen LogP contribution in [0.15, 0.2) is 59.8 Å². The third-order valence-corrected chi connectivity index (χ3v) is 6.47. The molecule has 200 valence electrons. The van der Waals surface area contributed by atoms with E-state index in [0.29, 0.717) is 27.9 Å². The van der Waals surface area contributed by atoms with Gasteiger partial charge in [0.15, 0.2) is 0 Å².